The number of hydrogen-bond donors (Lipinski definition) is 0. The second kappa shape index (κ2) is 7.97. The van der Waals surface area contributed by atoms with Crippen LogP contribution in [-0.2, 0) is 13.0 Å². The lowest BCUT2D eigenvalue weighted by molar-refractivity contribution is 0.305. The van der Waals surface area contributed by atoms with E-state index in [0.29, 0.717) is 18.3 Å². The fourth-order valence-corrected chi connectivity index (χ4v) is 2.79. The summed E-state index contributed by atoms with van der Waals surface area (Å²) in [6, 6.07) is 18.4. The molecule has 0 aliphatic heterocycles. The highest BCUT2D eigenvalue weighted by Gasteiger charge is 2.22. The van der Waals surface area contributed by atoms with Gasteiger partial charge in [0.25, 0.3) is 0 Å². The molecule has 2 aromatic carbocycles. The predicted octanol–water partition coefficient (Wildman–Crippen LogP) is 4.94. The second-order valence-electron chi connectivity index (χ2n) is 6.65. The summed E-state index contributed by atoms with van der Waals surface area (Å²) in [5, 5.41) is 3.92. The Bertz CT molecular complexity index is 779. The van der Waals surface area contributed by atoms with Crippen LogP contribution in [-0.4, -0.2) is 10.1 Å². The molecule has 0 aliphatic carbocycles. The van der Waals surface area contributed by atoms with E-state index in [9.17, 15) is 0 Å². The Labute approximate surface area is 148 Å². The molecule has 0 radical (unpaired) electrons. The molecule has 1 atom stereocenters. The first-order chi connectivity index (χ1) is 12.1. The molecule has 0 saturated carbocycles. The van der Waals surface area contributed by atoms with Crippen LogP contribution in [0.1, 0.15) is 42.6 Å². The number of nitrogens with zero attached hydrogens (tertiary/aromatic N) is 2. The lowest BCUT2D eigenvalue weighted by Gasteiger charge is -2.17. The van der Waals surface area contributed by atoms with Gasteiger partial charge in [-0.15, -0.1) is 0 Å². The highest BCUT2D eigenvalue weighted by atomic mass is 16.5. The number of hydrogen-bond acceptors (Lipinski definition) is 4. The van der Waals surface area contributed by atoms with Crippen LogP contribution < -0.4 is 4.74 Å². The largest absolute Gasteiger partial charge is 0.489 e. The van der Waals surface area contributed by atoms with Crippen molar-refractivity contribution in [1.29, 1.82) is 0 Å². The molecule has 1 heterocycles. The summed E-state index contributed by atoms with van der Waals surface area (Å²) in [6.07, 6.45) is 0.873. The molecule has 25 heavy (non-hydrogen) atoms. The summed E-state index contributed by atoms with van der Waals surface area (Å²) in [5.41, 5.74) is 2.40. The molecule has 4 heteroatoms. The molecule has 3 aromatic rings. The summed E-state index contributed by atoms with van der Waals surface area (Å²) >= 11 is 0. The van der Waals surface area contributed by atoms with E-state index >= 15 is 0 Å². The minimum Gasteiger partial charge on any atom is -0.489 e. The average molecular weight is 336 g/mol. The zero-order valence-corrected chi connectivity index (χ0v) is 15.0. The number of ether oxygens (including phenoxy) is 1. The lowest BCUT2D eigenvalue weighted by atomic mass is 9.89. The van der Waals surface area contributed by atoms with Gasteiger partial charge in [-0.25, -0.2) is 0 Å². The SMILES string of the molecule is Cc1noc(C(Cc2ccc(OCc3ccccc3)cc2)C(C)C)n1. The summed E-state index contributed by atoms with van der Waals surface area (Å²) in [7, 11) is 0. The van der Waals surface area contributed by atoms with E-state index in [1.54, 1.807) is 0 Å². The third kappa shape index (κ3) is 4.69. The summed E-state index contributed by atoms with van der Waals surface area (Å²) in [4.78, 5) is 4.41. The van der Waals surface area contributed by atoms with E-state index in [2.05, 4.69) is 48.3 Å². The maximum atomic E-state index is 5.85. The molecule has 0 aliphatic rings. The van der Waals surface area contributed by atoms with Crippen LogP contribution in [0.5, 0.6) is 5.75 Å². The molecule has 4 nitrogen and oxygen atoms in total. The fourth-order valence-electron chi connectivity index (χ4n) is 2.79. The lowest BCUT2D eigenvalue weighted by Crippen LogP contribution is -2.10. The van der Waals surface area contributed by atoms with Crippen molar-refractivity contribution in [3.8, 4) is 5.75 Å². The van der Waals surface area contributed by atoms with Crippen molar-refractivity contribution in [2.75, 3.05) is 0 Å². The predicted molar refractivity (Wildman–Crippen MR) is 97.5 cm³/mol. The van der Waals surface area contributed by atoms with Crippen molar-refractivity contribution in [2.24, 2.45) is 5.92 Å². The number of aryl methyl sites for hydroxylation is 1. The molecule has 0 amide bonds. The van der Waals surface area contributed by atoms with Crippen LogP contribution in [0.4, 0.5) is 0 Å². The van der Waals surface area contributed by atoms with Crippen molar-refractivity contribution in [1.82, 2.24) is 10.1 Å². The monoisotopic (exact) mass is 336 g/mol. The van der Waals surface area contributed by atoms with Crippen LogP contribution in [0.25, 0.3) is 0 Å². The van der Waals surface area contributed by atoms with Crippen LogP contribution in [0.3, 0.4) is 0 Å². The topological polar surface area (TPSA) is 48.2 Å². The minimum absolute atomic E-state index is 0.220. The molecule has 130 valence electrons. The van der Waals surface area contributed by atoms with E-state index in [4.69, 9.17) is 9.26 Å². The van der Waals surface area contributed by atoms with E-state index in [-0.39, 0.29) is 5.92 Å². The van der Waals surface area contributed by atoms with Crippen molar-refractivity contribution < 1.29 is 9.26 Å². The van der Waals surface area contributed by atoms with Gasteiger partial charge >= 0.3 is 0 Å². The number of rotatable bonds is 7. The van der Waals surface area contributed by atoms with Crippen molar-refractivity contribution in [3.05, 3.63) is 77.4 Å². The minimum atomic E-state index is 0.220. The van der Waals surface area contributed by atoms with E-state index < -0.39 is 0 Å². The van der Waals surface area contributed by atoms with E-state index in [0.717, 1.165) is 18.1 Å². The van der Waals surface area contributed by atoms with Crippen LogP contribution in [0.15, 0.2) is 59.1 Å². The van der Waals surface area contributed by atoms with Gasteiger partial charge in [0, 0.05) is 5.92 Å². The Morgan fingerprint density at radius 2 is 1.68 bits per heavy atom. The standard InChI is InChI=1S/C21H24N2O2/c1-15(2)20(21-22-16(3)23-25-21)13-17-9-11-19(12-10-17)24-14-18-7-5-4-6-8-18/h4-12,15,20H,13-14H2,1-3H3. The van der Waals surface area contributed by atoms with Crippen molar-refractivity contribution in [3.63, 3.8) is 0 Å². The quantitative estimate of drug-likeness (QED) is 0.613. The summed E-state index contributed by atoms with van der Waals surface area (Å²) in [5.74, 6) is 2.93. The second-order valence-corrected chi connectivity index (χ2v) is 6.65. The van der Waals surface area contributed by atoms with Crippen molar-refractivity contribution >= 4 is 0 Å². The van der Waals surface area contributed by atoms with Gasteiger partial charge in [0.1, 0.15) is 12.4 Å². The smallest absolute Gasteiger partial charge is 0.230 e. The van der Waals surface area contributed by atoms with E-state index in [1.807, 2.05) is 37.3 Å². The van der Waals surface area contributed by atoms with Gasteiger partial charge in [-0.3, -0.25) is 0 Å². The first-order valence-corrected chi connectivity index (χ1v) is 8.67. The normalized spacial score (nSPS) is 12.3. The van der Waals surface area contributed by atoms with E-state index in [1.165, 1.54) is 11.1 Å². The molecule has 0 spiro atoms. The highest BCUT2D eigenvalue weighted by molar-refractivity contribution is 5.28. The highest BCUT2D eigenvalue weighted by Crippen LogP contribution is 2.28. The third-order valence-corrected chi connectivity index (χ3v) is 4.29. The first-order valence-electron chi connectivity index (χ1n) is 8.67. The average Bonchev–Trinajstić information content (AvgIpc) is 3.05. The molecule has 1 aromatic heterocycles. The zero-order valence-electron chi connectivity index (χ0n) is 15.0. The van der Waals surface area contributed by atoms with Gasteiger partial charge in [-0.1, -0.05) is 61.5 Å². The molecular weight excluding hydrogens is 312 g/mol. The molecule has 0 N–H and O–H groups in total. The molecule has 0 fully saturated rings. The molecule has 3 rings (SSSR count). The molecule has 0 bridgehead atoms. The Morgan fingerprint density at radius 1 is 0.960 bits per heavy atom. The van der Waals surface area contributed by atoms with Gasteiger partial charge < -0.3 is 9.26 Å². The van der Waals surface area contributed by atoms with Gasteiger partial charge in [-0.05, 0) is 42.5 Å². The van der Waals surface area contributed by atoms with Gasteiger partial charge in [0.2, 0.25) is 5.89 Å². The maximum absolute atomic E-state index is 5.85. The Kier molecular flexibility index (Phi) is 5.49. The molecular formula is C21H24N2O2. The molecule has 1 unspecified atom stereocenters. The van der Waals surface area contributed by atoms with Crippen LogP contribution >= 0.6 is 0 Å². The number of aromatic nitrogens is 2. The van der Waals surface area contributed by atoms with Crippen molar-refractivity contribution in [2.45, 2.75) is 39.7 Å². The number of benzene rings is 2. The summed E-state index contributed by atoms with van der Waals surface area (Å²) < 4.78 is 11.2. The zero-order chi connectivity index (χ0) is 17.6. The maximum Gasteiger partial charge on any atom is 0.230 e. The van der Waals surface area contributed by atoms with Crippen LogP contribution in [0, 0.1) is 12.8 Å². The third-order valence-electron chi connectivity index (χ3n) is 4.29. The van der Waals surface area contributed by atoms with Gasteiger partial charge in [0.15, 0.2) is 5.82 Å². The Balaban J connectivity index is 1.63. The first kappa shape index (κ1) is 17.2. The fraction of sp³-hybridized carbons (Fsp3) is 0.333. The van der Waals surface area contributed by atoms with Gasteiger partial charge in [-0.2, -0.15) is 4.98 Å². The summed E-state index contributed by atoms with van der Waals surface area (Å²) in [6.45, 7) is 6.79. The molecule has 0 saturated heterocycles. The van der Waals surface area contributed by atoms with Gasteiger partial charge in [0.05, 0.1) is 0 Å². The Hall–Kier alpha value is -2.62. The Morgan fingerprint density at radius 3 is 2.28 bits per heavy atom. The van der Waals surface area contributed by atoms with Crippen LogP contribution in [0.2, 0.25) is 0 Å².